The number of aromatic amines is 2. The highest BCUT2D eigenvalue weighted by Crippen LogP contribution is 2.34. The number of alkyl halides is 6. The first kappa shape index (κ1) is 33.7. The first-order valence-electron chi connectivity index (χ1n) is 15.5. The van der Waals surface area contributed by atoms with Crippen LogP contribution in [0.15, 0.2) is 48.5 Å². The Hall–Kier alpha value is -4.19. The number of carbonyl (C=O) groups is 1. The largest absolute Gasteiger partial charge is 0.416 e. The minimum atomic E-state index is -4.51. The van der Waals surface area contributed by atoms with Gasteiger partial charge in [0, 0.05) is 50.4 Å². The van der Waals surface area contributed by atoms with Crippen molar-refractivity contribution in [2.24, 2.45) is 0 Å². The van der Waals surface area contributed by atoms with Crippen LogP contribution in [0.3, 0.4) is 0 Å². The summed E-state index contributed by atoms with van der Waals surface area (Å²) < 4.78 is 79.7. The monoisotopic (exact) mass is 676 g/mol. The number of nitrogens with one attached hydrogen (secondary N) is 4. The lowest BCUT2D eigenvalue weighted by molar-refractivity contribution is -0.138. The van der Waals surface area contributed by atoms with Gasteiger partial charge >= 0.3 is 12.4 Å². The van der Waals surface area contributed by atoms with E-state index in [4.69, 9.17) is 0 Å². The number of benzene rings is 2. The number of aromatic nitrogens is 6. The van der Waals surface area contributed by atoms with Crippen LogP contribution in [0.4, 0.5) is 26.3 Å². The summed E-state index contributed by atoms with van der Waals surface area (Å²) in [5.41, 5.74) is -1.17. The van der Waals surface area contributed by atoms with Crippen molar-refractivity contribution >= 4 is 5.78 Å². The van der Waals surface area contributed by atoms with Gasteiger partial charge in [0.15, 0.2) is 17.4 Å². The molecule has 2 aliphatic rings. The summed E-state index contributed by atoms with van der Waals surface area (Å²) in [5.74, 6) is 1.02. The molecule has 4 heterocycles. The summed E-state index contributed by atoms with van der Waals surface area (Å²) in [6.45, 7) is 6.77. The van der Waals surface area contributed by atoms with Gasteiger partial charge < -0.3 is 10.6 Å². The van der Waals surface area contributed by atoms with Crippen molar-refractivity contribution < 1.29 is 31.1 Å². The molecule has 6 rings (SSSR count). The number of carbonyl (C=O) groups excluding carboxylic acids is 1. The predicted molar refractivity (Wildman–Crippen MR) is 162 cm³/mol. The van der Waals surface area contributed by atoms with E-state index < -0.39 is 47.6 Å². The second-order valence-corrected chi connectivity index (χ2v) is 11.9. The fourth-order valence-corrected chi connectivity index (χ4v) is 6.32. The third-order valence-electron chi connectivity index (χ3n) is 8.92. The van der Waals surface area contributed by atoms with Crippen molar-refractivity contribution in [1.29, 1.82) is 0 Å². The van der Waals surface area contributed by atoms with Crippen molar-refractivity contribution in [3.8, 4) is 22.8 Å². The lowest BCUT2D eigenvalue weighted by atomic mass is 9.99. The minimum Gasteiger partial charge on any atom is -0.313 e. The number of piperazine rings is 2. The minimum absolute atomic E-state index is 0.0657. The zero-order chi connectivity index (χ0) is 34.2. The Bertz CT molecular complexity index is 1610. The molecule has 4 aromatic rings. The van der Waals surface area contributed by atoms with Gasteiger partial charge in [-0.2, -0.15) is 36.5 Å². The maximum atomic E-state index is 14.1. The van der Waals surface area contributed by atoms with E-state index in [-0.39, 0.29) is 28.6 Å². The first-order valence-corrected chi connectivity index (χ1v) is 15.5. The zero-order valence-corrected chi connectivity index (χ0v) is 26.0. The van der Waals surface area contributed by atoms with Crippen LogP contribution in [-0.2, 0) is 17.1 Å². The van der Waals surface area contributed by atoms with Gasteiger partial charge in [-0.3, -0.25) is 24.8 Å². The number of halogens is 6. The van der Waals surface area contributed by atoms with Gasteiger partial charge in [0.25, 0.3) is 0 Å². The lowest BCUT2D eigenvalue weighted by Crippen LogP contribution is -2.58. The molecule has 2 aliphatic heterocycles. The summed E-state index contributed by atoms with van der Waals surface area (Å²) in [5, 5.41) is 20.7. The standard InChI is InChI=1S/C31H34F6N10O/c1-17(46-11-9-38-15-23(46)28-40-26(42-44-28)19-5-3-7-21(13-19)30(32,33)34)25(48)18(2)47-12-10-39-16-24(47)29-41-27(43-45-29)20-6-4-8-22(14-20)31(35,36)37/h3-8,13-14,17-18,23-24,38-39H,9-12,15-16H2,1-2H3,(H,40,42,44)(H,41,43,45). The van der Waals surface area contributed by atoms with Crippen LogP contribution in [-0.4, -0.2) is 97.3 Å². The molecule has 4 atom stereocenters. The summed E-state index contributed by atoms with van der Waals surface area (Å²) in [6, 6.07) is 7.65. The first-order chi connectivity index (χ1) is 22.8. The molecule has 17 heteroatoms. The van der Waals surface area contributed by atoms with Crippen molar-refractivity contribution in [2.45, 2.75) is 50.4 Å². The molecule has 2 fully saturated rings. The maximum Gasteiger partial charge on any atom is 0.416 e. The normalized spacial score (nSPS) is 21.2. The summed E-state index contributed by atoms with van der Waals surface area (Å²) in [6.07, 6.45) is -9.01. The van der Waals surface area contributed by atoms with Crippen LogP contribution >= 0.6 is 0 Å². The van der Waals surface area contributed by atoms with Gasteiger partial charge in [0.1, 0.15) is 11.6 Å². The van der Waals surface area contributed by atoms with E-state index in [0.717, 1.165) is 24.3 Å². The van der Waals surface area contributed by atoms with Crippen LogP contribution in [0.2, 0.25) is 0 Å². The number of Topliss-reactive ketones (excluding diaryl/α,β-unsaturated/α-hetero) is 1. The zero-order valence-electron chi connectivity index (χ0n) is 26.0. The van der Waals surface area contributed by atoms with Crippen LogP contribution in [0.1, 0.15) is 48.7 Å². The Kier molecular flexibility index (Phi) is 9.39. The van der Waals surface area contributed by atoms with Crippen LogP contribution in [0.25, 0.3) is 22.8 Å². The molecule has 4 N–H and O–H groups in total. The molecular weight excluding hydrogens is 642 g/mol. The summed E-state index contributed by atoms with van der Waals surface area (Å²) in [7, 11) is 0. The van der Waals surface area contributed by atoms with Crippen LogP contribution in [0.5, 0.6) is 0 Å². The highest BCUT2D eigenvalue weighted by molar-refractivity contribution is 5.88. The highest BCUT2D eigenvalue weighted by atomic mass is 19.4. The van der Waals surface area contributed by atoms with Gasteiger partial charge in [0.05, 0.1) is 35.3 Å². The van der Waals surface area contributed by atoms with Gasteiger partial charge in [-0.1, -0.05) is 24.3 Å². The molecule has 2 aromatic heterocycles. The average Bonchev–Trinajstić information content (AvgIpc) is 3.78. The molecule has 0 amide bonds. The molecular formula is C31H34F6N10O. The molecule has 0 aliphatic carbocycles. The Labute approximate surface area is 271 Å². The van der Waals surface area contributed by atoms with E-state index in [9.17, 15) is 31.1 Å². The Balaban J connectivity index is 1.19. The molecule has 0 spiro atoms. The third-order valence-corrected chi connectivity index (χ3v) is 8.92. The third kappa shape index (κ3) is 6.99. The summed E-state index contributed by atoms with van der Waals surface area (Å²) in [4.78, 5) is 27.1. The molecule has 2 saturated heterocycles. The highest BCUT2D eigenvalue weighted by Gasteiger charge is 2.40. The fraction of sp³-hybridized carbons (Fsp3) is 0.452. The average molecular weight is 677 g/mol. The van der Waals surface area contributed by atoms with Gasteiger partial charge in [-0.15, -0.1) is 0 Å². The number of H-pyrrole nitrogens is 2. The van der Waals surface area contributed by atoms with E-state index in [0.29, 0.717) is 50.9 Å². The van der Waals surface area contributed by atoms with Crippen molar-refractivity contribution in [2.75, 3.05) is 39.3 Å². The molecule has 0 bridgehead atoms. The maximum absolute atomic E-state index is 14.1. The topological polar surface area (TPSA) is 131 Å². The molecule has 4 unspecified atom stereocenters. The van der Waals surface area contributed by atoms with E-state index >= 15 is 0 Å². The molecule has 48 heavy (non-hydrogen) atoms. The smallest absolute Gasteiger partial charge is 0.313 e. The van der Waals surface area contributed by atoms with Crippen LogP contribution in [0, 0.1) is 0 Å². The number of rotatable bonds is 8. The molecule has 256 valence electrons. The Morgan fingerprint density at radius 2 is 1.15 bits per heavy atom. The van der Waals surface area contributed by atoms with E-state index in [1.807, 2.05) is 23.6 Å². The second kappa shape index (κ2) is 13.4. The van der Waals surface area contributed by atoms with E-state index in [2.05, 4.69) is 41.0 Å². The van der Waals surface area contributed by atoms with Crippen molar-refractivity contribution in [3.05, 3.63) is 71.3 Å². The Morgan fingerprint density at radius 1 is 0.729 bits per heavy atom. The number of nitrogens with zero attached hydrogens (tertiary/aromatic N) is 6. The predicted octanol–water partition coefficient (Wildman–Crippen LogP) is 4.23. The van der Waals surface area contributed by atoms with E-state index in [1.165, 1.54) is 24.3 Å². The molecule has 0 saturated carbocycles. The quantitative estimate of drug-likeness (QED) is 0.203. The SMILES string of the molecule is CC(C(=O)C(C)N1CCNCC1c1nc(-c2cccc(C(F)(F)F)c2)n[nH]1)N1CCNCC1c1nc(-c2cccc(C(F)(F)F)c2)n[nH]1. The van der Waals surface area contributed by atoms with Gasteiger partial charge in [-0.05, 0) is 38.1 Å². The number of hydrogen-bond acceptors (Lipinski definition) is 9. The summed E-state index contributed by atoms with van der Waals surface area (Å²) >= 11 is 0. The lowest BCUT2D eigenvalue weighted by Gasteiger charge is -2.42. The van der Waals surface area contributed by atoms with Crippen molar-refractivity contribution in [1.82, 2.24) is 50.8 Å². The van der Waals surface area contributed by atoms with Gasteiger partial charge in [0.2, 0.25) is 0 Å². The number of hydrogen-bond donors (Lipinski definition) is 4. The van der Waals surface area contributed by atoms with E-state index in [1.54, 1.807) is 0 Å². The number of ketones is 1. The molecule has 11 nitrogen and oxygen atoms in total. The Morgan fingerprint density at radius 3 is 1.54 bits per heavy atom. The van der Waals surface area contributed by atoms with Gasteiger partial charge in [-0.25, -0.2) is 9.97 Å². The molecule has 0 radical (unpaired) electrons. The van der Waals surface area contributed by atoms with Crippen molar-refractivity contribution in [3.63, 3.8) is 0 Å². The molecule has 2 aromatic carbocycles. The fourth-order valence-electron chi connectivity index (χ4n) is 6.32. The van der Waals surface area contributed by atoms with Crippen LogP contribution < -0.4 is 10.6 Å². The second-order valence-electron chi connectivity index (χ2n) is 11.9.